The van der Waals surface area contributed by atoms with E-state index < -0.39 is 12.1 Å². The first kappa shape index (κ1) is 17.0. The minimum atomic E-state index is -0.777. The lowest BCUT2D eigenvalue weighted by molar-refractivity contribution is -0.149. The summed E-state index contributed by atoms with van der Waals surface area (Å²) in [6.45, 7) is 2.59. The van der Waals surface area contributed by atoms with Crippen molar-refractivity contribution in [1.29, 1.82) is 0 Å². The van der Waals surface area contributed by atoms with E-state index in [-0.39, 0.29) is 0 Å². The topological polar surface area (TPSA) is 61.5 Å². The fraction of sp³-hybridized carbons (Fsp3) is 0.316. The van der Waals surface area contributed by atoms with Crippen LogP contribution in [-0.2, 0) is 22.5 Å². The van der Waals surface area contributed by atoms with Gasteiger partial charge in [-0.3, -0.25) is 0 Å². The zero-order valence-corrected chi connectivity index (χ0v) is 13.6. The van der Waals surface area contributed by atoms with Crippen LogP contribution in [0, 0.1) is 0 Å². The van der Waals surface area contributed by atoms with Crippen molar-refractivity contribution in [2.75, 3.05) is 7.11 Å². The molecule has 0 aliphatic rings. The Morgan fingerprint density at radius 3 is 2.52 bits per heavy atom. The first-order valence-corrected chi connectivity index (χ1v) is 7.80. The highest BCUT2D eigenvalue weighted by Crippen LogP contribution is 2.28. The Bertz CT molecular complexity index is 640. The molecule has 0 spiro atoms. The fourth-order valence-electron chi connectivity index (χ4n) is 2.45. The molecule has 0 heterocycles. The summed E-state index contributed by atoms with van der Waals surface area (Å²) in [5.74, 6) is 0.282. The molecule has 1 unspecified atom stereocenters. The maximum absolute atomic E-state index is 12.1. The first-order chi connectivity index (χ1) is 11.2. The molecule has 0 saturated carbocycles. The van der Waals surface area contributed by atoms with E-state index in [4.69, 9.17) is 15.2 Å². The van der Waals surface area contributed by atoms with Gasteiger partial charge in [-0.25, -0.2) is 4.79 Å². The molecule has 2 aromatic rings. The Hall–Kier alpha value is -2.33. The van der Waals surface area contributed by atoms with E-state index in [0.717, 1.165) is 29.5 Å². The summed E-state index contributed by atoms with van der Waals surface area (Å²) in [5.41, 5.74) is 8.59. The number of aryl methyl sites for hydroxylation is 1. The molecule has 2 N–H and O–H groups in total. The lowest BCUT2D eigenvalue weighted by atomic mass is 10.0. The minimum Gasteiger partial charge on any atom is -0.474 e. The number of rotatable bonds is 7. The maximum Gasteiger partial charge on any atom is 0.351 e. The molecule has 0 amide bonds. The zero-order chi connectivity index (χ0) is 16.7. The quantitative estimate of drug-likeness (QED) is 0.796. The monoisotopic (exact) mass is 313 g/mol. The van der Waals surface area contributed by atoms with E-state index in [1.807, 2.05) is 48.5 Å². The maximum atomic E-state index is 12.1. The number of methoxy groups -OCH3 is 1. The standard InChI is InChI=1S/C19H23NO3/c1-3-7-16-12-14(13-20)10-11-17(16)23-18(19(21)22-2)15-8-5-4-6-9-15/h4-6,8-12,18H,3,7,13,20H2,1-2H3. The number of esters is 1. The van der Waals surface area contributed by atoms with Crippen LogP contribution in [0.5, 0.6) is 5.75 Å². The molecule has 4 heteroatoms. The second kappa shape index (κ2) is 8.34. The summed E-state index contributed by atoms with van der Waals surface area (Å²) in [6.07, 6.45) is 1.07. The van der Waals surface area contributed by atoms with Gasteiger partial charge in [0.05, 0.1) is 7.11 Å². The van der Waals surface area contributed by atoms with Crippen LogP contribution in [0.2, 0.25) is 0 Å². The van der Waals surface area contributed by atoms with Crippen LogP contribution in [0.3, 0.4) is 0 Å². The second-order valence-corrected chi connectivity index (χ2v) is 5.33. The second-order valence-electron chi connectivity index (χ2n) is 5.33. The highest BCUT2D eigenvalue weighted by molar-refractivity contribution is 5.77. The fourth-order valence-corrected chi connectivity index (χ4v) is 2.45. The number of benzene rings is 2. The van der Waals surface area contributed by atoms with Gasteiger partial charge in [0, 0.05) is 12.1 Å². The molecule has 23 heavy (non-hydrogen) atoms. The Labute approximate surface area is 137 Å². The van der Waals surface area contributed by atoms with Crippen molar-refractivity contribution in [3.8, 4) is 5.75 Å². The van der Waals surface area contributed by atoms with Gasteiger partial charge in [-0.05, 0) is 23.6 Å². The van der Waals surface area contributed by atoms with Gasteiger partial charge in [0.25, 0.3) is 0 Å². The number of carbonyl (C=O) groups is 1. The summed E-state index contributed by atoms with van der Waals surface area (Å²) in [4.78, 5) is 12.1. The molecule has 122 valence electrons. The van der Waals surface area contributed by atoms with Gasteiger partial charge in [0.15, 0.2) is 0 Å². The molecule has 1 atom stereocenters. The number of nitrogens with two attached hydrogens (primary N) is 1. The van der Waals surface area contributed by atoms with Crippen LogP contribution < -0.4 is 10.5 Å². The summed E-state index contributed by atoms with van der Waals surface area (Å²) < 4.78 is 10.9. The van der Waals surface area contributed by atoms with Gasteiger partial charge < -0.3 is 15.2 Å². The van der Waals surface area contributed by atoms with Crippen molar-refractivity contribution in [3.05, 3.63) is 65.2 Å². The van der Waals surface area contributed by atoms with Crippen molar-refractivity contribution >= 4 is 5.97 Å². The van der Waals surface area contributed by atoms with E-state index in [1.165, 1.54) is 7.11 Å². The lowest BCUT2D eigenvalue weighted by Gasteiger charge is -2.20. The number of hydrogen-bond donors (Lipinski definition) is 1. The highest BCUT2D eigenvalue weighted by Gasteiger charge is 2.24. The first-order valence-electron chi connectivity index (χ1n) is 7.80. The van der Waals surface area contributed by atoms with Crippen molar-refractivity contribution < 1.29 is 14.3 Å². The van der Waals surface area contributed by atoms with Crippen molar-refractivity contribution in [2.45, 2.75) is 32.4 Å². The van der Waals surface area contributed by atoms with Gasteiger partial charge >= 0.3 is 5.97 Å². The smallest absolute Gasteiger partial charge is 0.351 e. The van der Waals surface area contributed by atoms with Crippen molar-refractivity contribution in [2.24, 2.45) is 5.73 Å². The van der Waals surface area contributed by atoms with Crippen LogP contribution in [0.15, 0.2) is 48.5 Å². The van der Waals surface area contributed by atoms with E-state index in [0.29, 0.717) is 12.3 Å². The van der Waals surface area contributed by atoms with Gasteiger partial charge in [-0.15, -0.1) is 0 Å². The van der Waals surface area contributed by atoms with E-state index in [2.05, 4.69) is 6.92 Å². The summed E-state index contributed by atoms with van der Waals surface area (Å²) in [7, 11) is 1.37. The average Bonchev–Trinajstić information content (AvgIpc) is 2.61. The lowest BCUT2D eigenvalue weighted by Crippen LogP contribution is -2.20. The normalized spacial score (nSPS) is 11.8. The number of carbonyl (C=O) groups excluding carboxylic acids is 1. The van der Waals surface area contributed by atoms with Gasteiger partial charge in [-0.2, -0.15) is 0 Å². The molecule has 0 fully saturated rings. The molecule has 0 aliphatic heterocycles. The Balaban J connectivity index is 2.34. The summed E-state index contributed by atoms with van der Waals surface area (Å²) in [5, 5.41) is 0. The third kappa shape index (κ3) is 4.33. The number of hydrogen-bond acceptors (Lipinski definition) is 4. The molecule has 0 bridgehead atoms. The SMILES string of the molecule is CCCc1cc(CN)ccc1OC(C(=O)OC)c1ccccc1. The van der Waals surface area contributed by atoms with Crippen LogP contribution in [-0.4, -0.2) is 13.1 Å². The molecule has 0 saturated heterocycles. The molecule has 4 nitrogen and oxygen atoms in total. The predicted molar refractivity (Wildman–Crippen MR) is 90.2 cm³/mol. The number of ether oxygens (including phenoxy) is 2. The Morgan fingerprint density at radius 2 is 1.91 bits per heavy atom. The minimum absolute atomic E-state index is 0.415. The molecule has 2 aromatic carbocycles. The predicted octanol–water partition coefficient (Wildman–Crippen LogP) is 3.39. The van der Waals surface area contributed by atoms with E-state index in [1.54, 1.807) is 0 Å². The van der Waals surface area contributed by atoms with Crippen molar-refractivity contribution in [1.82, 2.24) is 0 Å². The zero-order valence-electron chi connectivity index (χ0n) is 13.6. The molecule has 2 rings (SSSR count). The molecular weight excluding hydrogens is 290 g/mol. The largest absolute Gasteiger partial charge is 0.474 e. The van der Waals surface area contributed by atoms with Crippen LogP contribution in [0.4, 0.5) is 0 Å². The van der Waals surface area contributed by atoms with E-state index in [9.17, 15) is 4.79 Å². The third-order valence-corrected chi connectivity index (χ3v) is 3.64. The van der Waals surface area contributed by atoms with Gasteiger partial charge in [-0.1, -0.05) is 55.8 Å². The third-order valence-electron chi connectivity index (χ3n) is 3.64. The Kier molecular flexibility index (Phi) is 6.18. The average molecular weight is 313 g/mol. The molecular formula is C19H23NO3. The molecule has 0 aromatic heterocycles. The van der Waals surface area contributed by atoms with Crippen molar-refractivity contribution in [3.63, 3.8) is 0 Å². The van der Waals surface area contributed by atoms with E-state index >= 15 is 0 Å². The molecule has 0 aliphatic carbocycles. The summed E-state index contributed by atoms with van der Waals surface area (Å²) >= 11 is 0. The van der Waals surface area contributed by atoms with Gasteiger partial charge in [0.1, 0.15) is 5.75 Å². The van der Waals surface area contributed by atoms with Gasteiger partial charge in [0.2, 0.25) is 6.10 Å². The highest BCUT2D eigenvalue weighted by atomic mass is 16.6. The molecule has 0 radical (unpaired) electrons. The van der Waals surface area contributed by atoms with Crippen LogP contribution >= 0.6 is 0 Å². The summed E-state index contributed by atoms with van der Waals surface area (Å²) in [6, 6.07) is 15.2. The Morgan fingerprint density at radius 1 is 1.17 bits per heavy atom. The van der Waals surface area contributed by atoms with Crippen LogP contribution in [0.1, 0.15) is 36.1 Å². The van der Waals surface area contributed by atoms with Crippen LogP contribution in [0.25, 0.3) is 0 Å².